The van der Waals surface area contributed by atoms with Crippen LogP contribution in [-0.2, 0) is 14.8 Å². The van der Waals surface area contributed by atoms with Crippen molar-refractivity contribution >= 4 is 39.1 Å². The smallest absolute Gasteiger partial charge is 0.268 e. The minimum atomic E-state index is -4.09. The van der Waals surface area contributed by atoms with Crippen molar-refractivity contribution in [3.8, 4) is 5.75 Å². The van der Waals surface area contributed by atoms with Gasteiger partial charge in [-0.15, -0.1) is 11.8 Å². The molecule has 0 aliphatic rings. The first-order valence-corrected chi connectivity index (χ1v) is 12.6. The van der Waals surface area contributed by atoms with Crippen LogP contribution in [0, 0.1) is 13.8 Å². The molecule has 1 amide bonds. The van der Waals surface area contributed by atoms with Gasteiger partial charge < -0.3 is 10.1 Å². The minimum absolute atomic E-state index is 0.0119. The van der Waals surface area contributed by atoms with Crippen molar-refractivity contribution in [1.29, 1.82) is 0 Å². The van der Waals surface area contributed by atoms with Crippen LogP contribution in [0.2, 0.25) is 0 Å². The second kappa shape index (κ2) is 10.1. The highest BCUT2D eigenvalue weighted by atomic mass is 32.2. The van der Waals surface area contributed by atoms with Gasteiger partial charge in [-0.3, -0.25) is 9.10 Å². The van der Waals surface area contributed by atoms with Gasteiger partial charge >= 0.3 is 0 Å². The van der Waals surface area contributed by atoms with Crippen LogP contribution < -0.4 is 14.4 Å². The third-order valence-corrected chi connectivity index (χ3v) is 7.47. The number of nitrogens with one attached hydrogen (secondary N) is 1. The summed E-state index contributed by atoms with van der Waals surface area (Å²) in [6.07, 6.45) is 1.91. The van der Waals surface area contributed by atoms with Crippen molar-refractivity contribution in [3.63, 3.8) is 0 Å². The van der Waals surface area contributed by atoms with E-state index in [1.807, 2.05) is 43.5 Å². The summed E-state index contributed by atoms with van der Waals surface area (Å²) in [4.78, 5) is 13.9. The summed E-state index contributed by atoms with van der Waals surface area (Å²) >= 11 is 1.50. The first kappa shape index (κ1) is 23.7. The van der Waals surface area contributed by atoms with Crippen molar-refractivity contribution in [3.05, 3.63) is 77.9 Å². The lowest BCUT2D eigenvalue weighted by Gasteiger charge is -2.25. The third kappa shape index (κ3) is 5.26. The van der Waals surface area contributed by atoms with E-state index in [-0.39, 0.29) is 17.2 Å². The Kier molecular flexibility index (Phi) is 7.48. The quantitative estimate of drug-likeness (QED) is 0.476. The van der Waals surface area contributed by atoms with E-state index in [9.17, 15) is 13.2 Å². The molecule has 32 heavy (non-hydrogen) atoms. The Morgan fingerprint density at radius 2 is 1.66 bits per heavy atom. The predicted octanol–water partition coefficient (Wildman–Crippen LogP) is 4.87. The van der Waals surface area contributed by atoms with Crippen LogP contribution >= 0.6 is 11.8 Å². The van der Waals surface area contributed by atoms with Crippen molar-refractivity contribution < 1.29 is 17.9 Å². The average molecular weight is 471 g/mol. The molecular formula is C24H26N2O4S2. The highest BCUT2D eigenvalue weighted by Gasteiger charge is 2.30. The molecule has 0 fully saturated rings. The minimum Gasteiger partial charge on any atom is -0.495 e. The molecule has 0 unspecified atom stereocenters. The maximum Gasteiger partial charge on any atom is 0.268 e. The van der Waals surface area contributed by atoms with Crippen molar-refractivity contribution in [1.82, 2.24) is 0 Å². The van der Waals surface area contributed by atoms with Crippen molar-refractivity contribution in [2.45, 2.75) is 23.6 Å². The lowest BCUT2D eigenvalue weighted by atomic mass is 10.2. The molecule has 0 saturated heterocycles. The number of para-hydroxylation sites is 1. The SMILES string of the molecule is COc1ccc(C)cc1S(=O)(=O)N(CC(=O)Nc1ccccc1SC)c1ccc(C)cc1. The number of nitrogens with zero attached hydrogens (tertiary/aromatic N) is 1. The fraction of sp³-hybridized carbons (Fsp3) is 0.208. The van der Waals surface area contributed by atoms with Crippen LogP contribution in [0.1, 0.15) is 11.1 Å². The number of hydrogen-bond donors (Lipinski definition) is 1. The fourth-order valence-corrected chi connectivity index (χ4v) is 5.42. The van der Waals surface area contributed by atoms with Crippen LogP contribution in [-0.4, -0.2) is 34.2 Å². The summed E-state index contributed by atoms with van der Waals surface area (Å²) in [6, 6.07) is 19.3. The van der Waals surface area contributed by atoms with E-state index in [1.54, 1.807) is 43.3 Å². The second-order valence-corrected chi connectivity index (χ2v) is 9.93. The molecule has 3 aromatic carbocycles. The average Bonchev–Trinajstić information content (AvgIpc) is 2.78. The fourth-order valence-electron chi connectivity index (χ4n) is 3.20. The van der Waals surface area contributed by atoms with Gasteiger partial charge in [-0.05, 0) is 62.1 Å². The van der Waals surface area contributed by atoms with Gasteiger partial charge in [-0.2, -0.15) is 0 Å². The van der Waals surface area contributed by atoms with Gasteiger partial charge in [0.05, 0.1) is 18.5 Å². The van der Waals surface area contributed by atoms with Crippen LogP contribution in [0.3, 0.4) is 0 Å². The highest BCUT2D eigenvalue weighted by Crippen LogP contribution is 2.31. The van der Waals surface area contributed by atoms with Crippen LogP contribution in [0.15, 0.2) is 76.5 Å². The maximum atomic E-state index is 13.7. The zero-order valence-electron chi connectivity index (χ0n) is 18.5. The van der Waals surface area contributed by atoms with E-state index in [0.717, 1.165) is 20.3 Å². The molecule has 3 rings (SSSR count). The van der Waals surface area contributed by atoms with Crippen LogP contribution in [0.5, 0.6) is 5.75 Å². The molecule has 0 radical (unpaired) electrons. The lowest BCUT2D eigenvalue weighted by molar-refractivity contribution is -0.114. The van der Waals surface area contributed by atoms with Gasteiger partial charge in [0.25, 0.3) is 10.0 Å². The normalized spacial score (nSPS) is 11.1. The number of hydrogen-bond acceptors (Lipinski definition) is 5. The predicted molar refractivity (Wildman–Crippen MR) is 130 cm³/mol. The largest absolute Gasteiger partial charge is 0.495 e. The highest BCUT2D eigenvalue weighted by molar-refractivity contribution is 7.98. The number of amides is 1. The molecule has 0 atom stereocenters. The summed E-state index contributed by atoms with van der Waals surface area (Å²) in [5, 5.41) is 2.84. The van der Waals surface area contributed by atoms with Crippen molar-refractivity contribution in [2.24, 2.45) is 0 Å². The summed E-state index contributed by atoms with van der Waals surface area (Å²) < 4.78 is 33.9. The van der Waals surface area contributed by atoms with E-state index in [4.69, 9.17) is 4.74 Å². The molecule has 6 nitrogen and oxygen atoms in total. The first-order valence-electron chi connectivity index (χ1n) is 9.93. The Bertz CT molecular complexity index is 1210. The third-order valence-electron chi connectivity index (χ3n) is 4.88. The standard InChI is InChI=1S/C24H26N2O4S2/c1-17-9-12-19(13-10-17)26(16-24(27)25-20-7-5-6-8-22(20)31-4)32(28,29)23-15-18(2)11-14-21(23)30-3/h5-15H,16H2,1-4H3,(H,25,27). The Balaban J connectivity index is 2.02. The topological polar surface area (TPSA) is 75.7 Å². The Morgan fingerprint density at radius 3 is 2.31 bits per heavy atom. The molecule has 0 aromatic heterocycles. The van der Waals surface area contributed by atoms with E-state index in [0.29, 0.717) is 11.4 Å². The monoisotopic (exact) mass is 470 g/mol. The molecule has 1 N–H and O–H groups in total. The van der Waals surface area contributed by atoms with E-state index in [1.165, 1.54) is 18.9 Å². The molecule has 168 valence electrons. The lowest BCUT2D eigenvalue weighted by Crippen LogP contribution is -2.38. The molecule has 0 aliphatic carbocycles. The zero-order chi connectivity index (χ0) is 23.3. The molecule has 0 aliphatic heterocycles. The van der Waals surface area contributed by atoms with Gasteiger partial charge in [0.1, 0.15) is 17.2 Å². The Labute approximate surface area is 193 Å². The zero-order valence-corrected chi connectivity index (χ0v) is 20.1. The number of methoxy groups -OCH3 is 1. The Hall–Kier alpha value is -2.97. The number of thioether (sulfide) groups is 1. The van der Waals surface area contributed by atoms with Gasteiger partial charge in [0.2, 0.25) is 5.91 Å². The van der Waals surface area contributed by atoms with Crippen molar-refractivity contribution in [2.75, 3.05) is 29.5 Å². The van der Waals surface area contributed by atoms with Gasteiger partial charge in [-0.1, -0.05) is 35.9 Å². The number of carbonyl (C=O) groups excluding carboxylic acids is 1. The Morgan fingerprint density at radius 1 is 1.00 bits per heavy atom. The number of carbonyl (C=O) groups is 1. The molecule has 3 aromatic rings. The molecule has 0 spiro atoms. The molecule has 0 bridgehead atoms. The maximum absolute atomic E-state index is 13.7. The van der Waals surface area contributed by atoms with Crippen LogP contribution in [0.4, 0.5) is 11.4 Å². The van der Waals surface area contributed by atoms with E-state index < -0.39 is 15.9 Å². The molecule has 8 heteroatoms. The van der Waals surface area contributed by atoms with Gasteiger partial charge in [-0.25, -0.2) is 8.42 Å². The summed E-state index contributed by atoms with van der Waals surface area (Å²) in [5.41, 5.74) is 2.79. The molecular weight excluding hydrogens is 444 g/mol. The number of benzene rings is 3. The summed E-state index contributed by atoms with van der Waals surface area (Å²) in [7, 11) is -2.67. The summed E-state index contributed by atoms with van der Waals surface area (Å²) in [5.74, 6) is -0.219. The number of rotatable bonds is 8. The van der Waals surface area contributed by atoms with E-state index in [2.05, 4.69) is 5.32 Å². The number of ether oxygens (including phenoxy) is 1. The van der Waals surface area contributed by atoms with Crippen LogP contribution in [0.25, 0.3) is 0 Å². The summed E-state index contributed by atoms with van der Waals surface area (Å²) in [6.45, 7) is 3.34. The van der Waals surface area contributed by atoms with Gasteiger partial charge in [0, 0.05) is 4.90 Å². The van der Waals surface area contributed by atoms with E-state index >= 15 is 0 Å². The second-order valence-electron chi connectivity index (χ2n) is 7.25. The van der Waals surface area contributed by atoms with Gasteiger partial charge in [0.15, 0.2) is 0 Å². The number of aryl methyl sites for hydroxylation is 2. The molecule has 0 saturated carbocycles. The number of anilines is 2. The number of sulfonamides is 1. The molecule has 0 heterocycles. The first-order chi connectivity index (χ1) is 15.3.